The van der Waals surface area contributed by atoms with Crippen molar-refractivity contribution in [3.63, 3.8) is 0 Å². The first-order chi connectivity index (χ1) is 9.15. The van der Waals surface area contributed by atoms with Gasteiger partial charge in [0.25, 0.3) is 0 Å². The van der Waals surface area contributed by atoms with Gasteiger partial charge in [-0.05, 0) is 24.1 Å². The van der Waals surface area contributed by atoms with E-state index >= 15 is 0 Å². The smallest absolute Gasteiger partial charge is 0.163 e. The highest BCUT2D eigenvalue weighted by Crippen LogP contribution is 2.32. The van der Waals surface area contributed by atoms with Crippen LogP contribution in [0.2, 0.25) is 0 Å². The van der Waals surface area contributed by atoms with E-state index in [0.29, 0.717) is 11.3 Å². The summed E-state index contributed by atoms with van der Waals surface area (Å²) in [5, 5.41) is 0. The molecule has 2 nitrogen and oxygen atoms in total. The van der Waals surface area contributed by atoms with Crippen LogP contribution in [-0.2, 0) is 0 Å². The van der Waals surface area contributed by atoms with Crippen molar-refractivity contribution in [1.82, 2.24) is 0 Å². The molecule has 0 N–H and O–H groups in total. The zero-order chi connectivity index (χ0) is 13.8. The summed E-state index contributed by atoms with van der Waals surface area (Å²) >= 11 is 0. The molecule has 0 aromatic heterocycles. The van der Waals surface area contributed by atoms with E-state index in [-0.39, 0.29) is 11.7 Å². The zero-order valence-corrected chi connectivity index (χ0v) is 11.5. The summed E-state index contributed by atoms with van der Waals surface area (Å²) in [6.07, 6.45) is 0. The van der Waals surface area contributed by atoms with Crippen LogP contribution < -0.4 is 4.74 Å². The summed E-state index contributed by atoms with van der Waals surface area (Å²) in [4.78, 5) is 11.9. The van der Waals surface area contributed by atoms with Gasteiger partial charge in [-0.25, -0.2) is 0 Å². The normalized spacial score (nSPS) is 11.9. The van der Waals surface area contributed by atoms with Gasteiger partial charge in [-0.15, -0.1) is 0 Å². The van der Waals surface area contributed by atoms with Gasteiger partial charge >= 0.3 is 0 Å². The van der Waals surface area contributed by atoms with Crippen LogP contribution in [0.5, 0.6) is 5.75 Å². The molecule has 0 aliphatic carbocycles. The monoisotopic (exact) mass is 254 g/mol. The quantitative estimate of drug-likeness (QED) is 0.769. The minimum Gasteiger partial charge on any atom is -0.496 e. The van der Waals surface area contributed by atoms with Crippen LogP contribution >= 0.6 is 0 Å². The minimum atomic E-state index is 0.0373. The van der Waals surface area contributed by atoms with Crippen molar-refractivity contribution in [3.8, 4) is 5.75 Å². The third kappa shape index (κ3) is 2.68. The number of hydrogen-bond donors (Lipinski definition) is 0. The standard InChI is InChI=1S/C17H18O2/c1-12(14-8-5-4-6-9-14)15-10-7-11-16(19-3)17(15)13(2)18/h4-12H,1-3H3. The Bertz CT molecular complexity index is 573. The Balaban J connectivity index is 2.53. The first-order valence-corrected chi connectivity index (χ1v) is 6.38. The predicted octanol–water partition coefficient (Wildman–Crippen LogP) is 4.05. The lowest BCUT2D eigenvalue weighted by atomic mass is 9.88. The topological polar surface area (TPSA) is 26.3 Å². The third-order valence-electron chi connectivity index (χ3n) is 3.40. The summed E-state index contributed by atoms with van der Waals surface area (Å²) in [5.41, 5.74) is 2.89. The maximum absolute atomic E-state index is 11.9. The molecule has 1 atom stereocenters. The number of ketones is 1. The molecule has 2 rings (SSSR count). The molecular weight excluding hydrogens is 236 g/mol. The van der Waals surface area contributed by atoms with Crippen molar-refractivity contribution >= 4 is 5.78 Å². The lowest BCUT2D eigenvalue weighted by molar-refractivity contribution is 0.101. The first kappa shape index (κ1) is 13.3. The lowest BCUT2D eigenvalue weighted by Crippen LogP contribution is -2.07. The second-order valence-corrected chi connectivity index (χ2v) is 4.61. The molecule has 0 fully saturated rings. The fourth-order valence-electron chi connectivity index (χ4n) is 2.38. The molecule has 0 saturated carbocycles. The Morgan fingerprint density at radius 2 is 1.74 bits per heavy atom. The number of carbonyl (C=O) groups is 1. The van der Waals surface area contributed by atoms with Crippen LogP contribution in [0.3, 0.4) is 0 Å². The van der Waals surface area contributed by atoms with Crippen molar-refractivity contribution in [3.05, 3.63) is 65.2 Å². The molecular formula is C17H18O2. The van der Waals surface area contributed by atoms with E-state index in [1.807, 2.05) is 36.4 Å². The average Bonchev–Trinajstić information content (AvgIpc) is 2.46. The van der Waals surface area contributed by atoms with Gasteiger partial charge in [0.1, 0.15) is 5.75 Å². The fourth-order valence-corrected chi connectivity index (χ4v) is 2.38. The van der Waals surface area contributed by atoms with E-state index < -0.39 is 0 Å². The molecule has 0 radical (unpaired) electrons. The molecule has 1 unspecified atom stereocenters. The molecule has 19 heavy (non-hydrogen) atoms. The molecule has 0 aliphatic rings. The molecule has 0 aliphatic heterocycles. The third-order valence-corrected chi connectivity index (χ3v) is 3.40. The second kappa shape index (κ2) is 5.70. The SMILES string of the molecule is COc1cccc(C(C)c2ccccc2)c1C(C)=O. The van der Waals surface area contributed by atoms with Crippen LogP contribution in [0.15, 0.2) is 48.5 Å². The Hall–Kier alpha value is -2.09. The van der Waals surface area contributed by atoms with Crippen LogP contribution in [0.1, 0.15) is 41.3 Å². The molecule has 2 aromatic rings. The van der Waals surface area contributed by atoms with Gasteiger partial charge in [0.15, 0.2) is 5.78 Å². The number of ether oxygens (including phenoxy) is 1. The molecule has 2 aromatic carbocycles. The second-order valence-electron chi connectivity index (χ2n) is 4.61. The molecule has 2 heteroatoms. The molecule has 0 saturated heterocycles. The van der Waals surface area contributed by atoms with Crippen LogP contribution in [-0.4, -0.2) is 12.9 Å². The van der Waals surface area contributed by atoms with Gasteiger partial charge in [-0.3, -0.25) is 4.79 Å². The van der Waals surface area contributed by atoms with Crippen LogP contribution in [0.25, 0.3) is 0 Å². The van der Waals surface area contributed by atoms with Gasteiger partial charge < -0.3 is 4.74 Å². The van der Waals surface area contributed by atoms with Crippen molar-refractivity contribution < 1.29 is 9.53 Å². The van der Waals surface area contributed by atoms with Crippen molar-refractivity contribution in [1.29, 1.82) is 0 Å². The summed E-state index contributed by atoms with van der Waals surface area (Å²) in [7, 11) is 1.60. The number of rotatable bonds is 4. The Kier molecular flexibility index (Phi) is 4.00. The number of carbonyl (C=O) groups excluding carboxylic acids is 1. The first-order valence-electron chi connectivity index (χ1n) is 6.38. The summed E-state index contributed by atoms with van der Waals surface area (Å²) in [5.74, 6) is 0.846. The maximum atomic E-state index is 11.9. The van der Waals surface area contributed by atoms with E-state index in [4.69, 9.17) is 4.74 Å². The Labute approximate surface area is 114 Å². The fraction of sp³-hybridized carbons (Fsp3) is 0.235. The highest BCUT2D eigenvalue weighted by atomic mass is 16.5. The van der Waals surface area contributed by atoms with Gasteiger partial charge in [-0.1, -0.05) is 49.4 Å². The number of hydrogen-bond acceptors (Lipinski definition) is 2. The molecule has 0 bridgehead atoms. The molecule has 0 spiro atoms. The van der Waals surface area contributed by atoms with Gasteiger partial charge in [-0.2, -0.15) is 0 Å². The van der Waals surface area contributed by atoms with Crippen LogP contribution in [0, 0.1) is 0 Å². The average molecular weight is 254 g/mol. The van der Waals surface area contributed by atoms with E-state index in [2.05, 4.69) is 19.1 Å². The van der Waals surface area contributed by atoms with E-state index in [1.54, 1.807) is 14.0 Å². The number of Topliss-reactive ketones (excluding diaryl/α,β-unsaturated/α-hetero) is 1. The van der Waals surface area contributed by atoms with E-state index in [1.165, 1.54) is 5.56 Å². The summed E-state index contributed by atoms with van der Waals surface area (Å²) in [6, 6.07) is 15.9. The molecule has 98 valence electrons. The minimum absolute atomic E-state index is 0.0373. The Morgan fingerprint density at radius 3 is 2.32 bits per heavy atom. The number of benzene rings is 2. The van der Waals surface area contributed by atoms with Crippen LogP contribution in [0.4, 0.5) is 0 Å². The highest BCUT2D eigenvalue weighted by molar-refractivity contribution is 5.98. The molecule has 0 heterocycles. The lowest BCUT2D eigenvalue weighted by Gasteiger charge is -2.17. The van der Waals surface area contributed by atoms with E-state index in [9.17, 15) is 4.79 Å². The predicted molar refractivity (Wildman–Crippen MR) is 77.0 cm³/mol. The van der Waals surface area contributed by atoms with Crippen molar-refractivity contribution in [2.24, 2.45) is 0 Å². The summed E-state index contributed by atoms with van der Waals surface area (Å²) in [6.45, 7) is 3.69. The maximum Gasteiger partial charge on any atom is 0.163 e. The van der Waals surface area contributed by atoms with Gasteiger partial charge in [0, 0.05) is 5.92 Å². The van der Waals surface area contributed by atoms with E-state index in [0.717, 1.165) is 5.56 Å². The van der Waals surface area contributed by atoms with Gasteiger partial charge in [0.05, 0.1) is 12.7 Å². The van der Waals surface area contributed by atoms with Gasteiger partial charge in [0.2, 0.25) is 0 Å². The largest absolute Gasteiger partial charge is 0.496 e. The Morgan fingerprint density at radius 1 is 1.05 bits per heavy atom. The highest BCUT2D eigenvalue weighted by Gasteiger charge is 2.18. The molecule has 0 amide bonds. The number of methoxy groups -OCH3 is 1. The zero-order valence-electron chi connectivity index (χ0n) is 11.5. The van der Waals surface area contributed by atoms with Crippen molar-refractivity contribution in [2.45, 2.75) is 19.8 Å². The van der Waals surface area contributed by atoms with Crippen molar-refractivity contribution in [2.75, 3.05) is 7.11 Å². The summed E-state index contributed by atoms with van der Waals surface area (Å²) < 4.78 is 5.31.